The molecule has 28 heavy (non-hydrogen) atoms. The molecule has 6 nitrogen and oxygen atoms in total. The summed E-state index contributed by atoms with van der Waals surface area (Å²) in [6.07, 6.45) is 7.89. The number of carbonyl (C=O) groups excluding carboxylic acids is 1. The van der Waals surface area contributed by atoms with Crippen molar-refractivity contribution in [2.24, 2.45) is 11.3 Å². The average Bonchev–Trinajstić information content (AvgIpc) is 3.13. The van der Waals surface area contributed by atoms with E-state index < -0.39 is 0 Å². The lowest BCUT2D eigenvalue weighted by Crippen LogP contribution is -2.48. The van der Waals surface area contributed by atoms with E-state index in [0.717, 1.165) is 51.9 Å². The number of piperidine rings is 1. The number of amides is 1. The Hall–Kier alpha value is -2.18. The lowest BCUT2D eigenvalue weighted by atomic mass is 9.80. The Morgan fingerprint density at radius 2 is 1.93 bits per heavy atom. The highest BCUT2D eigenvalue weighted by molar-refractivity contribution is 5.85. The molecule has 2 aromatic rings. The zero-order valence-electron chi connectivity index (χ0n) is 16.3. The molecule has 1 aliphatic carbocycles. The zero-order valence-corrected chi connectivity index (χ0v) is 16.3. The van der Waals surface area contributed by atoms with E-state index in [4.69, 9.17) is 0 Å². The molecule has 6 heteroatoms. The van der Waals surface area contributed by atoms with Crippen LogP contribution in [0.15, 0.2) is 48.8 Å². The van der Waals surface area contributed by atoms with Crippen LogP contribution in [0.2, 0.25) is 0 Å². The predicted molar refractivity (Wildman–Crippen MR) is 107 cm³/mol. The van der Waals surface area contributed by atoms with E-state index in [2.05, 4.69) is 51.2 Å². The molecule has 148 valence electrons. The number of hydrogen-bond donors (Lipinski definition) is 2. The van der Waals surface area contributed by atoms with E-state index in [1.54, 1.807) is 6.20 Å². The largest absolute Gasteiger partial charge is 0.342 e. The second-order valence-corrected chi connectivity index (χ2v) is 8.68. The van der Waals surface area contributed by atoms with Gasteiger partial charge in [0, 0.05) is 44.0 Å². The van der Waals surface area contributed by atoms with Crippen LogP contribution < -0.4 is 10.9 Å². The third-order valence-corrected chi connectivity index (χ3v) is 6.92. The second-order valence-electron chi connectivity index (χ2n) is 8.68. The molecule has 3 heterocycles. The molecule has 2 N–H and O–H groups in total. The Morgan fingerprint density at radius 1 is 1.14 bits per heavy atom. The fourth-order valence-electron chi connectivity index (χ4n) is 5.08. The maximum Gasteiger partial charge on any atom is 0.230 e. The van der Waals surface area contributed by atoms with Crippen LogP contribution in [0.1, 0.15) is 37.2 Å². The first-order chi connectivity index (χ1) is 13.8. The van der Waals surface area contributed by atoms with Crippen molar-refractivity contribution in [3.63, 3.8) is 0 Å². The minimum atomic E-state index is -0.196. The first-order valence-electron chi connectivity index (χ1n) is 10.6. The van der Waals surface area contributed by atoms with Gasteiger partial charge in [0.05, 0.1) is 12.0 Å². The summed E-state index contributed by atoms with van der Waals surface area (Å²) in [7, 11) is 0. The lowest BCUT2D eigenvalue weighted by Gasteiger charge is -2.38. The first kappa shape index (κ1) is 17.9. The van der Waals surface area contributed by atoms with E-state index in [9.17, 15) is 4.79 Å². The standard InChI is InChI=1S/C22H29N5O/c28-21(22(9-10-22)16-27-12-4-11-24-27)26-13-7-18(8-14-26)20-19(15-23-25-20)17-5-2-1-3-6-17/h1-6,11-12,18-20,23,25H,7-10,13-16H2. The van der Waals surface area contributed by atoms with Gasteiger partial charge in [-0.25, -0.2) is 0 Å². The summed E-state index contributed by atoms with van der Waals surface area (Å²) in [5.74, 6) is 1.45. The van der Waals surface area contributed by atoms with Crippen LogP contribution in [0.3, 0.4) is 0 Å². The van der Waals surface area contributed by atoms with E-state index in [1.165, 1.54) is 5.56 Å². The van der Waals surface area contributed by atoms with Gasteiger partial charge in [0.15, 0.2) is 0 Å². The molecule has 1 saturated carbocycles. The monoisotopic (exact) mass is 379 g/mol. The molecule has 0 bridgehead atoms. The van der Waals surface area contributed by atoms with Gasteiger partial charge in [0.2, 0.25) is 5.91 Å². The SMILES string of the molecule is O=C(N1CCC(C2NNCC2c2ccccc2)CC1)C1(Cn2cccn2)CC1. The van der Waals surface area contributed by atoms with E-state index in [-0.39, 0.29) is 5.41 Å². The fourth-order valence-corrected chi connectivity index (χ4v) is 5.08. The Balaban J connectivity index is 1.20. The van der Waals surface area contributed by atoms with Gasteiger partial charge < -0.3 is 4.90 Å². The molecule has 1 aromatic heterocycles. The molecule has 2 unspecified atom stereocenters. The summed E-state index contributed by atoms with van der Waals surface area (Å²) in [4.78, 5) is 15.3. The maximum absolute atomic E-state index is 13.2. The van der Waals surface area contributed by atoms with Gasteiger partial charge in [-0.2, -0.15) is 5.10 Å². The van der Waals surface area contributed by atoms with Gasteiger partial charge in [-0.1, -0.05) is 30.3 Å². The van der Waals surface area contributed by atoms with E-state index in [1.807, 2.05) is 16.9 Å². The number of rotatable bonds is 5. The Labute approximate surface area is 166 Å². The normalized spacial score (nSPS) is 27.1. The smallest absolute Gasteiger partial charge is 0.230 e. The van der Waals surface area contributed by atoms with Crippen molar-refractivity contribution < 1.29 is 4.79 Å². The number of aromatic nitrogens is 2. The van der Waals surface area contributed by atoms with Gasteiger partial charge >= 0.3 is 0 Å². The zero-order chi connectivity index (χ0) is 19.0. The minimum absolute atomic E-state index is 0.196. The van der Waals surface area contributed by atoms with Crippen molar-refractivity contribution in [3.8, 4) is 0 Å². The summed E-state index contributed by atoms with van der Waals surface area (Å²) in [5.41, 5.74) is 8.10. The molecule has 1 amide bonds. The van der Waals surface area contributed by atoms with Crippen LogP contribution in [0.25, 0.3) is 0 Å². The Bertz CT molecular complexity index is 794. The summed E-state index contributed by atoms with van der Waals surface area (Å²) in [6, 6.07) is 13.2. The maximum atomic E-state index is 13.2. The van der Waals surface area contributed by atoms with Crippen molar-refractivity contribution in [1.82, 2.24) is 25.5 Å². The highest BCUT2D eigenvalue weighted by Gasteiger charge is 2.52. The van der Waals surface area contributed by atoms with Crippen molar-refractivity contribution >= 4 is 5.91 Å². The van der Waals surface area contributed by atoms with E-state index in [0.29, 0.717) is 23.8 Å². The number of hydrogen-bond acceptors (Lipinski definition) is 4. The van der Waals surface area contributed by atoms with Crippen molar-refractivity contribution in [3.05, 3.63) is 54.4 Å². The Kier molecular flexibility index (Phi) is 4.69. The molecule has 2 saturated heterocycles. The van der Waals surface area contributed by atoms with Gasteiger partial charge in [-0.15, -0.1) is 0 Å². The van der Waals surface area contributed by atoms with Crippen molar-refractivity contribution in [2.75, 3.05) is 19.6 Å². The third kappa shape index (κ3) is 3.35. The van der Waals surface area contributed by atoms with Gasteiger partial charge in [-0.3, -0.25) is 20.3 Å². The molecular formula is C22H29N5O. The summed E-state index contributed by atoms with van der Waals surface area (Å²) in [6.45, 7) is 3.46. The van der Waals surface area contributed by atoms with Crippen LogP contribution in [0.4, 0.5) is 0 Å². The van der Waals surface area contributed by atoms with Crippen LogP contribution in [-0.2, 0) is 11.3 Å². The summed E-state index contributed by atoms with van der Waals surface area (Å²) < 4.78 is 1.91. The number of benzene rings is 1. The predicted octanol–water partition coefficient (Wildman–Crippen LogP) is 2.16. The first-order valence-corrected chi connectivity index (χ1v) is 10.6. The fraction of sp³-hybridized carbons (Fsp3) is 0.545. The van der Waals surface area contributed by atoms with Gasteiger partial charge in [0.1, 0.15) is 0 Å². The highest BCUT2D eigenvalue weighted by Crippen LogP contribution is 2.49. The summed E-state index contributed by atoms with van der Waals surface area (Å²) in [5, 5.41) is 4.30. The van der Waals surface area contributed by atoms with Crippen LogP contribution in [0, 0.1) is 11.3 Å². The molecule has 2 aliphatic heterocycles. The number of hydrazine groups is 1. The van der Waals surface area contributed by atoms with Crippen molar-refractivity contribution in [1.29, 1.82) is 0 Å². The number of nitrogens with one attached hydrogen (secondary N) is 2. The number of nitrogens with zero attached hydrogens (tertiary/aromatic N) is 3. The van der Waals surface area contributed by atoms with Gasteiger partial charge in [-0.05, 0) is 43.2 Å². The van der Waals surface area contributed by atoms with Crippen molar-refractivity contribution in [2.45, 2.75) is 44.2 Å². The van der Waals surface area contributed by atoms with E-state index >= 15 is 0 Å². The highest BCUT2D eigenvalue weighted by atomic mass is 16.2. The molecule has 1 aromatic carbocycles. The quantitative estimate of drug-likeness (QED) is 0.836. The third-order valence-electron chi connectivity index (χ3n) is 6.92. The van der Waals surface area contributed by atoms with Crippen LogP contribution >= 0.6 is 0 Å². The molecular weight excluding hydrogens is 350 g/mol. The minimum Gasteiger partial charge on any atom is -0.342 e. The second kappa shape index (κ2) is 7.33. The molecule has 0 radical (unpaired) electrons. The summed E-state index contributed by atoms with van der Waals surface area (Å²) >= 11 is 0. The number of carbonyl (C=O) groups is 1. The van der Waals surface area contributed by atoms with Crippen LogP contribution in [0.5, 0.6) is 0 Å². The molecule has 2 atom stereocenters. The number of likely N-dealkylation sites (tertiary alicyclic amines) is 1. The molecule has 5 rings (SSSR count). The molecule has 3 aliphatic rings. The lowest BCUT2D eigenvalue weighted by molar-refractivity contribution is -0.139. The molecule has 3 fully saturated rings. The topological polar surface area (TPSA) is 62.2 Å². The van der Waals surface area contributed by atoms with Gasteiger partial charge in [0.25, 0.3) is 0 Å². The molecule has 0 spiro atoms. The average molecular weight is 380 g/mol. The van der Waals surface area contributed by atoms with Crippen LogP contribution in [-0.4, -0.2) is 46.3 Å². The Morgan fingerprint density at radius 3 is 2.61 bits per heavy atom.